The van der Waals surface area contributed by atoms with E-state index in [4.69, 9.17) is 15.3 Å². The number of methoxy groups -OCH3 is 1. The summed E-state index contributed by atoms with van der Waals surface area (Å²) in [5.41, 5.74) is 7.13. The topological polar surface area (TPSA) is 56.8 Å². The fourth-order valence-corrected chi connectivity index (χ4v) is 0.987. The zero-order valence-corrected chi connectivity index (χ0v) is 9.23. The first-order valence-electron chi connectivity index (χ1n) is 4.77. The molecule has 0 spiro atoms. The van der Waals surface area contributed by atoms with Gasteiger partial charge in [-0.3, -0.25) is 0 Å². The van der Waals surface area contributed by atoms with E-state index in [1.165, 1.54) is 0 Å². The minimum absolute atomic E-state index is 0.0314. The molecule has 0 atom stereocenters. The lowest BCUT2D eigenvalue weighted by Crippen LogP contribution is -2.07. The van der Waals surface area contributed by atoms with E-state index < -0.39 is 0 Å². The van der Waals surface area contributed by atoms with E-state index in [-0.39, 0.29) is 6.10 Å². The molecule has 0 amide bonds. The molecule has 0 heterocycles. The van der Waals surface area contributed by atoms with E-state index in [0.717, 1.165) is 5.56 Å². The Morgan fingerprint density at radius 3 is 2.33 bits per heavy atom. The molecule has 0 fully saturated rings. The predicted molar refractivity (Wildman–Crippen MR) is 60.6 cm³/mol. The average molecular weight is 208 g/mol. The lowest BCUT2D eigenvalue weighted by molar-refractivity contribution is 0.0800. The number of nitrogens with zero attached hydrogens (tertiary/aromatic N) is 1. The van der Waals surface area contributed by atoms with E-state index in [1.807, 2.05) is 26.0 Å². The van der Waals surface area contributed by atoms with Gasteiger partial charge in [0.15, 0.2) is 0 Å². The van der Waals surface area contributed by atoms with Gasteiger partial charge in [-0.25, -0.2) is 0 Å². The molecule has 0 saturated carbocycles. The number of anilines is 1. The monoisotopic (exact) mass is 208 g/mol. The minimum atomic E-state index is 0.0314. The van der Waals surface area contributed by atoms with Crippen molar-refractivity contribution in [2.45, 2.75) is 20.0 Å². The Morgan fingerprint density at radius 1 is 1.27 bits per heavy atom. The van der Waals surface area contributed by atoms with Crippen LogP contribution in [-0.4, -0.2) is 19.1 Å². The Hall–Kier alpha value is -1.71. The lowest BCUT2D eigenvalue weighted by Gasteiger charge is -2.07. The van der Waals surface area contributed by atoms with Crippen LogP contribution in [-0.2, 0) is 9.57 Å². The fourth-order valence-electron chi connectivity index (χ4n) is 0.987. The molecule has 4 nitrogen and oxygen atoms in total. The van der Waals surface area contributed by atoms with E-state index in [0.29, 0.717) is 11.6 Å². The van der Waals surface area contributed by atoms with Crippen LogP contribution in [0.1, 0.15) is 19.4 Å². The van der Waals surface area contributed by atoms with Crippen LogP contribution < -0.4 is 5.73 Å². The molecular weight excluding hydrogens is 192 g/mol. The van der Waals surface area contributed by atoms with Gasteiger partial charge in [-0.1, -0.05) is 0 Å². The minimum Gasteiger partial charge on any atom is -0.479 e. The van der Waals surface area contributed by atoms with Crippen LogP contribution in [0.2, 0.25) is 0 Å². The van der Waals surface area contributed by atoms with Crippen molar-refractivity contribution in [1.82, 2.24) is 0 Å². The molecule has 0 aliphatic rings. The molecule has 0 aromatic heterocycles. The highest BCUT2D eigenvalue weighted by molar-refractivity contribution is 5.93. The number of ether oxygens (including phenoxy) is 1. The first kappa shape index (κ1) is 11.4. The van der Waals surface area contributed by atoms with Gasteiger partial charge in [-0.05, 0) is 43.3 Å². The quantitative estimate of drug-likeness (QED) is 0.358. The van der Waals surface area contributed by atoms with E-state index in [9.17, 15) is 0 Å². The SMILES string of the molecule is COC(=NOC(C)C)c1ccc(N)cc1. The van der Waals surface area contributed by atoms with Crippen LogP contribution in [0.15, 0.2) is 29.4 Å². The van der Waals surface area contributed by atoms with Gasteiger partial charge in [-0.15, -0.1) is 0 Å². The van der Waals surface area contributed by atoms with Gasteiger partial charge in [-0.2, -0.15) is 0 Å². The van der Waals surface area contributed by atoms with E-state index in [2.05, 4.69) is 5.16 Å². The normalized spacial score (nSPS) is 11.6. The van der Waals surface area contributed by atoms with Crippen molar-refractivity contribution in [3.8, 4) is 0 Å². The fraction of sp³-hybridized carbons (Fsp3) is 0.364. The second-order valence-corrected chi connectivity index (χ2v) is 3.38. The Morgan fingerprint density at radius 2 is 1.87 bits per heavy atom. The summed E-state index contributed by atoms with van der Waals surface area (Å²) in [6.45, 7) is 3.81. The molecule has 82 valence electrons. The number of nitrogens with two attached hydrogens (primary N) is 1. The number of hydrogen-bond acceptors (Lipinski definition) is 4. The van der Waals surface area contributed by atoms with Crippen molar-refractivity contribution in [3.05, 3.63) is 29.8 Å². The van der Waals surface area contributed by atoms with Crippen molar-refractivity contribution in [1.29, 1.82) is 0 Å². The summed E-state index contributed by atoms with van der Waals surface area (Å²) in [6, 6.07) is 7.25. The van der Waals surface area contributed by atoms with Gasteiger partial charge in [0, 0.05) is 11.3 Å². The second-order valence-electron chi connectivity index (χ2n) is 3.38. The smallest absolute Gasteiger partial charge is 0.257 e. The summed E-state index contributed by atoms with van der Waals surface area (Å²) in [5.74, 6) is 0.448. The molecule has 0 bridgehead atoms. The van der Waals surface area contributed by atoms with Crippen molar-refractivity contribution in [2.24, 2.45) is 5.16 Å². The maximum Gasteiger partial charge on any atom is 0.257 e. The molecule has 1 aromatic rings. The molecule has 0 aliphatic heterocycles. The van der Waals surface area contributed by atoms with Crippen molar-refractivity contribution in [3.63, 3.8) is 0 Å². The van der Waals surface area contributed by atoms with Gasteiger partial charge in [0.2, 0.25) is 0 Å². The van der Waals surface area contributed by atoms with E-state index in [1.54, 1.807) is 19.2 Å². The third-order valence-corrected chi connectivity index (χ3v) is 1.70. The maximum atomic E-state index is 5.58. The van der Waals surface area contributed by atoms with Crippen molar-refractivity contribution < 1.29 is 9.57 Å². The number of hydrogen-bond donors (Lipinski definition) is 1. The molecular formula is C11H16N2O2. The second kappa shape index (κ2) is 5.24. The Labute approximate surface area is 89.7 Å². The predicted octanol–water partition coefficient (Wildman–Crippen LogP) is 2.00. The molecule has 2 N–H and O–H groups in total. The average Bonchev–Trinajstić information content (AvgIpc) is 2.21. The molecule has 0 unspecified atom stereocenters. The molecule has 4 heteroatoms. The summed E-state index contributed by atoms with van der Waals surface area (Å²) in [4.78, 5) is 5.11. The third kappa shape index (κ3) is 3.50. The molecule has 0 aliphatic carbocycles. The number of rotatable bonds is 3. The Balaban J connectivity index is 2.82. The van der Waals surface area contributed by atoms with Gasteiger partial charge in [0.05, 0.1) is 7.11 Å². The largest absolute Gasteiger partial charge is 0.479 e. The van der Waals surface area contributed by atoms with Gasteiger partial charge >= 0.3 is 0 Å². The Bertz CT molecular complexity index is 331. The molecule has 1 aromatic carbocycles. The summed E-state index contributed by atoms with van der Waals surface area (Å²) in [7, 11) is 1.55. The third-order valence-electron chi connectivity index (χ3n) is 1.70. The zero-order valence-electron chi connectivity index (χ0n) is 9.23. The van der Waals surface area contributed by atoms with Crippen LogP contribution in [0.4, 0.5) is 5.69 Å². The first-order valence-corrected chi connectivity index (χ1v) is 4.77. The molecule has 0 radical (unpaired) electrons. The van der Waals surface area contributed by atoms with Crippen LogP contribution in [0, 0.1) is 0 Å². The standard InChI is InChI=1S/C11H16N2O2/c1-8(2)15-13-11(14-3)9-4-6-10(12)7-5-9/h4-8H,12H2,1-3H3. The lowest BCUT2D eigenvalue weighted by atomic mass is 10.2. The molecule has 0 saturated heterocycles. The summed E-state index contributed by atoms with van der Waals surface area (Å²) >= 11 is 0. The highest BCUT2D eigenvalue weighted by Crippen LogP contribution is 2.08. The molecule has 15 heavy (non-hydrogen) atoms. The van der Waals surface area contributed by atoms with Crippen LogP contribution in [0.3, 0.4) is 0 Å². The number of benzene rings is 1. The maximum absolute atomic E-state index is 5.58. The molecule has 1 rings (SSSR count). The number of oxime groups is 1. The summed E-state index contributed by atoms with van der Waals surface area (Å²) in [6.07, 6.45) is 0.0314. The number of nitrogen functional groups attached to an aromatic ring is 1. The van der Waals surface area contributed by atoms with Crippen LogP contribution >= 0.6 is 0 Å². The first-order chi connectivity index (χ1) is 7.13. The van der Waals surface area contributed by atoms with Gasteiger partial charge in [0.1, 0.15) is 6.10 Å². The summed E-state index contributed by atoms with van der Waals surface area (Å²) in [5, 5.41) is 3.90. The highest BCUT2D eigenvalue weighted by Gasteiger charge is 2.04. The van der Waals surface area contributed by atoms with Gasteiger partial charge < -0.3 is 15.3 Å². The highest BCUT2D eigenvalue weighted by atomic mass is 16.7. The van der Waals surface area contributed by atoms with Gasteiger partial charge in [0.25, 0.3) is 5.90 Å². The van der Waals surface area contributed by atoms with E-state index >= 15 is 0 Å². The van der Waals surface area contributed by atoms with Crippen molar-refractivity contribution >= 4 is 11.6 Å². The zero-order chi connectivity index (χ0) is 11.3. The van der Waals surface area contributed by atoms with Crippen LogP contribution in [0.25, 0.3) is 0 Å². The van der Waals surface area contributed by atoms with Crippen LogP contribution in [0.5, 0.6) is 0 Å². The Kier molecular flexibility index (Phi) is 3.97. The summed E-state index contributed by atoms with van der Waals surface area (Å²) < 4.78 is 5.11. The van der Waals surface area contributed by atoms with Crippen molar-refractivity contribution in [2.75, 3.05) is 12.8 Å².